The summed E-state index contributed by atoms with van der Waals surface area (Å²) in [4.78, 5) is 25.6. The van der Waals surface area contributed by atoms with Gasteiger partial charge in [0.2, 0.25) is 0 Å². The van der Waals surface area contributed by atoms with Gasteiger partial charge in [-0.3, -0.25) is 9.78 Å². The molecule has 186 valence electrons. The maximum atomic E-state index is 12.6. The zero-order valence-corrected chi connectivity index (χ0v) is 20.1. The number of nitrogens with zero attached hydrogens (tertiary/aromatic N) is 1. The quantitative estimate of drug-likeness (QED) is 0.288. The average molecular weight is 561 g/mol. The van der Waals surface area contributed by atoms with Crippen LogP contribution in [0.4, 0.5) is 13.2 Å². The van der Waals surface area contributed by atoms with Crippen molar-refractivity contribution in [2.75, 3.05) is 6.54 Å². The molecule has 1 unspecified atom stereocenters. The zero-order valence-electron chi connectivity index (χ0n) is 18.5. The minimum Gasteiger partial charge on any atom is -0.475 e. The number of hydrogen-bond acceptors (Lipinski definition) is 4. The van der Waals surface area contributed by atoms with Gasteiger partial charge in [0.1, 0.15) is 0 Å². The van der Waals surface area contributed by atoms with E-state index < -0.39 is 18.2 Å². The number of amides is 1. The molecule has 0 aliphatic rings. The van der Waals surface area contributed by atoms with Gasteiger partial charge in [0.15, 0.2) is 0 Å². The highest BCUT2D eigenvalue weighted by Gasteiger charge is 2.38. The molecule has 1 atom stereocenters. The molecule has 0 radical (unpaired) electrons. The molecule has 3 aromatic carbocycles. The number of carboxylic acids is 1. The van der Waals surface area contributed by atoms with Gasteiger partial charge >= 0.3 is 12.1 Å². The number of aliphatic carboxylic acids is 1. The van der Waals surface area contributed by atoms with Gasteiger partial charge in [0.05, 0.1) is 6.10 Å². The number of benzene rings is 3. The van der Waals surface area contributed by atoms with Crippen molar-refractivity contribution < 1.29 is 33.0 Å². The number of nitrogens with one attached hydrogen (secondary N) is 1. The van der Waals surface area contributed by atoms with Crippen LogP contribution in [-0.2, 0) is 4.79 Å². The molecular weight excluding hydrogens is 541 g/mol. The first-order chi connectivity index (χ1) is 17.0. The lowest BCUT2D eigenvalue weighted by atomic mass is 10.0. The van der Waals surface area contributed by atoms with Crippen molar-refractivity contribution >= 4 is 38.6 Å². The Hall–Kier alpha value is -3.76. The van der Waals surface area contributed by atoms with E-state index in [1.54, 1.807) is 12.3 Å². The van der Waals surface area contributed by atoms with Crippen LogP contribution in [0.1, 0.15) is 22.0 Å². The Kier molecular flexibility index (Phi) is 8.78. The van der Waals surface area contributed by atoms with Crippen molar-refractivity contribution in [2.45, 2.75) is 12.3 Å². The molecule has 36 heavy (non-hydrogen) atoms. The highest BCUT2D eigenvalue weighted by atomic mass is 79.9. The highest BCUT2D eigenvalue weighted by molar-refractivity contribution is 9.10. The van der Waals surface area contributed by atoms with Crippen LogP contribution in [0.2, 0.25) is 0 Å². The SMILES string of the molecule is O=C(NCC(O)c1ccc(Br)cc1)c1cccc(-c2ccc3cnccc3c2)c1.O=C(O)C(F)(F)F. The molecule has 3 N–H and O–H groups in total. The molecular formula is C26H20BrF3N2O4. The van der Waals surface area contributed by atoms with Gasteiger partial charge in [-0.15, -0.1) is 0 Å². The Labute approximate surface area is 212 Å². The standard InChI is InChI=1S/C24H19BrN2O2.C2HF3O2/c25-22-8-6-16(7-9-22)23(28)15-27-24(29)20-3-1-2-17(13-20)18-4-5-21-14-26-11-10-19(21)12-18;3-2(4,5)1(6)7/h1-14,23,28H,15H2,(H,27,29);(H,6,7). The Balaban J connectivity index is 0.000000454. The van der Waals surface area contributed by atoms with Gasteiger partial charge in [-0.25, -0.2) is 4.79 Å². The fourth-order valence-electron chi connectivity index (χ4n) is 3.20. The Morgan fingerprint density at radius 2 is 1.61 bits per heavy atom. The number of alkyl halides is 3. The van der Waals surface area contributed by atoms with Gasteiger partial charge in [0, 0.05) is 34.4 Å². The molecule has 0 spiro atoms. The highest BCUT2D eigenvalue weighted by Crippen LogP contribution is 2.25. The van der Waals surface area contributed by atoms with E-state index in [9.17, 15) is 23.1 Å². The minimum atomic E-state index is -5.08. The molecule has 4 rings (SSSR count). The van der Waals surface area contributed by atoms with Crippen molar-refractivity contribution in [1.29, 1.82) is 0 Å². The lowest BCUT2D eigenvalue weighted by molar-refractivity contribution is -0.192. The molecule has 1 amide bonds. The fraction of sp³-hybridized carbons (Fsp3) is 0.115. The maximum absolute atomic E-state index is 12.6. The number of halogens is 4. The summed E-state index contributed by atoms with van der Waals surface area (Å²) in [5, 5.41) is 22.4. The first kappa shape index (κ1) is 26.8. The van der Waals surface area contributed by atoms with Crippen molar-refractivity contribution in [3.05, 3.63) is 101 Å². The topological polar surface area (TPSA) is 99.5 Å². The van der Waals surface area contributed by atoms with E-state index in [2.05, 4.69) is 32.3 Å². The summed E-state index contributed by atoms with van der Waals surface area (Å²) in [7, 11) is 0. The van der Waals surface area contributed by atoms with Crippen molar-refractivity contribution in [2.24, 2.45) is 0 Å². The molecule has 4 aromatic rings. The van der Waals surface area contributed by atoms with Crippen molar-refractivity contribution in [1.82, 2.24) is 10.3 Å². The van der Waals surface area contributed by atoms with Gasteiger partial charge < -0.3 is 15.5 Å². The van der Waals surface area contributed by atoms with E-state index in [-0.39, 0.29) is 12.5 Å². The number of rotatable bonds is 5. The first-order valence-electron chi connectivity index (χ1n) is 10.5. The normalized spacial score (nSPS) is 11.8. The zero-order chi connectivity index (χ0) is 26.3. The Bertz CT molecular complexity index is 1360. The number of pyridine rings is 1. The second-order valence-electron chi connectivity index (χ2n) is 7.60. The van der Waals surface area contributed by atoms with Crippen LogP contribution in [0.15, 0.2) is 89.7 Å². The predicted molar refractivity (Wildman–Crippen MR) is 132 cm³/mol. The van der Waals surface area contributed by atoms with E-state index in [0.29, 0.717) is 5.56 Å². The number of aliphatic hydroxyl groups is 1. The van der Waals surface area contributed by atoms with Crippen LogP contribution in [0.3, 0.4) is 0 Å². The molecule has 0 aliphatic carbocycles. The molecule has 0 saturated heterocycles. The van der Waals surface area contributed by atoms with E-state index in [0.717, 1.165) is 31.9 Å². The van der Waals surface area contributed by atoms with Crippen LogP contribution in [0.25, 0.3) is 21.9 Å². The fourth-order valence-corrected chi connectivity index (χ4v) is 3.46. The first-order valence-corrected chi connectivity index (χ1v) is 11.3. The van der Waals surface area contributed by atoms with Gasteiger partial charge in [-0.2, -0.15) is 13.2 Å². The van der Waals surface area contributed by atoms with Gasteiger partial charge in [-0.05, 0) is 58.5 Å². The lowest BCUT2D eigenvalue weighted by Gasteiger charge is -2.13. The lowest BCUT2D eigenvalue weighted by Crippen LogP contribution is -2.28. The van der Waals surface area contributed by atoms with E-state index in [4.69, 9.17) is 9.90 Å². The number of carboxylic acid groups (broad SMARTS) is 1. The molecule has 1 heterocycles. The molecule has 1 aromatic heterocycles. The molecule has 10 heteroatoms. The molecule has 0 fully saturated rings. The van der Waals surface area contributed by atoms with Crippen LogP contribution >= 0.6 is 15.9 Å². The summed E-state index contributed by atoms with van der Waals surface area (Å²) < 4.78 is 32.7. The Morgan fingerprint density at radius 3 is 2.28 bits per heavy atom. The smallest absolute Gasteiger partial charge is 0.475 e. The Morgan fingerprint density at radius 1 is 0.944 bits per heavy atom. The average Bonchev–Trinajstić information content (AvgIpc) is 2.87. The molecule has 6 nitrogen and oxygen atoms in total. The van der Waals surface area contributed by atoms with Crippen LogP contribution in [0.5, 0.6) is 0 Å². The minimum absolute atomic E-state index is 0.146. The summed E-state index contributed by atoms with van der Waals surface area (Å²) >= 11 is 3.37. The third-order valence-corrected chi connectivity index (χ3v) is 5.58. The largest absolute Gasteiger partial charge is 0.490 e. The molecule has 0 aliphatic heterocycles. The van der Waals surface area contributed by atoms with Crippen LogP contribution < -0.4 is 5.32 Å². The number of hydrogen-bond donors (Lipinski definition) is 3. The molecule has 0 saturated carbocycles. The number of fused-ring (bicyclic) bond motifs is 1. The number of carbonyl (C=O) groups is 2. The predicted octanol–water partition coefficient (Wildman–Crippen LogP) is 5.76. The van der Waals surface area contributed by atoms with E-state index in [1.807, 2.05) is 66.9 Å². The number of aromatic nitrogens is 1. The van der Waals surface area contributed by atoms with E-state index >= 15 is 0 Å². The van der Waals surface area contributed by atoms with Crippen LogP contribution in [0, 0.1) is 0 Å². The van der Waals surface area contributed by atoms with Crippen LogP contribution in [-0.4, -0.2) is 39.8 Å². The second-order valence-corrected chi connectivity index (χ2v) is 8.51. The summed E-state index contributed by atoms with van der Waals surface area (Å²) in [6, 6.07) is 23.0. The third kappa shape index (κ3) is 7.37. The van der Waals surface area contributed by atoms with Crippen molar-refractivity contribution in [3.63, 3.8) is 0 Å². The van der Waals surface area contributed by atoms with Gasteiger partial charge in [-0.1, -0.05) is 52.3 Å². The second kappa shape index (κ2) is 11.8. The number of carbonyl (C=O) groups excluding carboxylic acids is 1. The third-order valence-electron chi connectivity index (χ3n) is 5.05. The van der Waals surface area contributed by atoms with Gasteiger partial charge in [0.25, 0.3) is 5.91 Å². The summed E-state index contributed by atoms with van der Waals surface area (Å²) in [5.74, 6) is -2.97. The molecule has 0 bridgehead atoms. The number of aliphatic hydroxyl groups excluding tert-OH is 1. The monoisotopic (exact) mass is 560 g/mol. The maximum Gasteiger partial charge on any atom is 0.490 e. The summed E-state index contributed by atoms with van der Waals surface area (Å²) in [6.07, 6.45) is -2.24. The summed E-state index contributed by atoms with van der Waals surface area (Å²) in [5.41, 5.74) is 3.31. The van der Waals surface area contributed by atoms with E-state index in [1.165, 1.54) is 0 Å². The summed E-state index contributed by atoms with van der Waals surface area (Å²) in [6.45, 7) is 0.146. The van der Waals surface area contributed by atoms with Crippen molar-refractivity contribution in [3.8, 4) is 11.1 Å².